The largest absolute Gasteiger partial charge is 0.478 e. The number of nitrogens with one attached hydrogen (secondary N) is 1. The first-order valence-corrected chi connectivity index (χ1v) is 8.02. The van der Waals surface area contributed by atoms with Gasteiger partial charge < -0.3 is 5.11 Å². The van der Waals surface area contributed by atoms with E-state index in [0.29, 0.717) is 16.5 Å². The Labute approximate surface area is 126 Å². The average Bonchev–Trinajstić information content (AvgIpc) is 2.38. The number of aromatic carboxylic acids is 1. The van der Waals surface area contributed by atoms with Crippen molar-refractivity contribution in [3.8, 4) is 12.3 Å². The van der Waals surface area contributed by atoms with Crippen LogP contribution in [0.4, 0.5) is 0 Å². The third-order valence-corrected chi connectivity index (χ3v) is 5.48. The van der Waals surface area contributed by atoms with E-state index in [1.165, 1.54) is 6.07 Å². The molecular weight excluding hydrogens is 346 g/mol. The molecule has 5 nitrogen and oxygen atoms in total. The van der Waals surface area contributed by atoms with Crippen LogP contribution < -0.4 is 4.72 Å². The van der Waals surface area contributed by atoms with E-state index in [1.807, 2.05) is 0 Å². The van der Waals surface area contributed by atoms with Crippen LogP contribution in [0.15, 0.2) is 21.5 Å². The molecular formula is C13H14BrNO4S. The molecule has 7 heteroatoms. The maximum atomic E-state index is 12.3. The van der Waals surface area contributed by atoms with E-state index in [0.717, 1.165) is 6.07 Å². The Morgan fingerprint density at radius 3 is 2.60 bits per heavy atom. The Balaban J connectivity index is 3.38. The topological polar surface area (TPSA) is 83.5 Å². The summed E-state index contributed by atoms with van der Waals surface area (Å²) in [5.74, 6) is 1.13. The van der Waals surface area contributed by atoms with Crippen LogP contribution in [0.1, 0.15) is 29.3 Å². The number of sulfonamides is 1. The van der Waals surface area contributed by atoms with Crippen molar-refractivity contribution in [2.24, 2.45) is 0 Å². The highest BCUT2D eigenvalue weighted by atomic mass is 79.9. The van der Waals surface area contributed by atoms with Crippen molar-refractivity contribution in [3.05, 3.63) is 27.7 Å². The van der Waals surface area contributed by atoms with Crippen molar-refractivity contribution in [2.45, 2.75) is 31.2 Å². The van der Waals surface area contributed by atoms with Crippen molar-refractivity contribution >= 4 is 31.9 Å². The molecule has 0 aromatic heterocycles. The summed E-state index contributed by atoms with van der Waals surface area (Å²) < 4.78 is 27.2. The van der Waals surface area contributed by atoms with E-state index >= 15 is 0 Å². The second kappa shape index (κ2) is 6.39. The maximum absolute atomic E-state index is 12.3. The van der Waals surface area contributed by atoms with Crippen LogP contribution in [0.3, 0.4) is 0 Å². The van der Waals surface area contributed by atoms with Crippen LogP contribution in [0.25, 0.3) is 0 Å². The molecule has 1 unspecified atom stereocenters. The Morgan fingerprint density at radius 1 is 1.55 bits per heavy atom. The van der Waals surface area contributed by atoms with Gasteiger partial charge in [-0.1, -0.05) is 12.8 Å². The number of carbonyl (C=O) groups is 1. The van der Waals surface area contributed by atoms with Gasteiger partial charge in [-0.05, 0) is 47.0 Å². The van der Waals surface area contributed by atoms with Gasteiger partial charge in [0.25, 0.3) is 0 Å². The van der Waals surface area contributed by atoms with Crippen LogP contribution >= 0.6 is 15.9 Å². The smallest absolute Gasteiger partial charge is 0.335 e. The van der Waals surface area contributed by atoms with Gasteiger partial charge in [-0.3, -0.25) is 0 Å². The van der Waals surface area contributed by atoms with Crippen molar-refractivity contribution in [2.75, 3.05) is 0 Å². The number of aryl methyl sites for hydroxylation is 1. The van der Waals surface area contributed by atoms with E-state index in [9.17, 15) is 13.2 Å². The fourth-order valence-corrected chi connectivity index (χ4v) is 3.83. The minimum Gasteiger partial charge on any atom is -0.478 e. The van der Waals surface area contributed by atoms with E-state index in [1.54, 1.807) is 13.8 Å². The summed E-state index contributed by atoms with van der Waals surface area (Å²) in [6.45, 7) is 3.37. The highest BCUT2D eigenvalue weighted by molar-refractivity contribution is 9.10. The molecule has 1 aromatic rings. The number of terminal acetylenes is 1. The third kappa shape index (κ3) is 3.60. The minimum absolute atomic E-state index is 0.0974. The summed E-state index contributed by atoms with van der Waals surface area (Å²) in [5, 5.41) is 9.00. The highest BCUT2D eigenvalue weighted by Crippen LogP contribution is 2.27. The van der Waals surface area contributed by atoms with Gasteiger partial charge in [0, 0.05) is 4.47 Å². The van der Waals surface area contributed by atoms with Gasteiger partial charge in [-0.2, -0.15) is 4.72 Å². The number of halogens is 1. The molecule has 1 aromatic carbocycles. The number of benzene rings is 1. The molecule has 0 saturated carbocycles. The van der Waals surface area contributed by atoms with E-state index in [4.69, 9.17) is 11.5 Å². The summed E-state index contributed by atoms with van der Waals surface area (Å²) in [4.78, 5) is 10.9. The minimum atomic E-state index is -3.90. The Hall–Kier alpha value is -1.36. The van der Waals surface area contributed by atoms with Crippen molar-refractivity contribution < 1.29 is 18.3 Å². The van der Waals surface area contributed by atoms with Gasteiger partial charge in [0.15, 0.2) is 0 Å². The second-order valence-electron chi connectivity index (χ2n) is 4.16. The lowest BCUT2D eigenvalue weighted by Gasteiger charge is -2.14. The molecule has 0 spiro atoms. The van der Waals surface area contributed by atoms with Gasteiger partial charge in [0.1, 0.15) is 0 Å². The maximum Gasteiger partial charge on any atom is 0.335 e. The average molecular weight is 360 g/mol. The van der Waals surface area contributed by atoms with E-state index < -0.39 is 22.0 Å². The van der Waals surface area contributed by atoms with Crippen LogP contribution in [-0.2, 0) is 10.0 Å². The van der Waals surface area contributed by atoms with Crippen LogP contribution in [0.2, 0.25) is 0 Å². The second-order valence-corrected chi connectivity index (χ2v) is 6.63. The third-order valence-electron chi connectivity index (χ3n) is 2.66. The number of hydrogen-bond acceptors (Lipinski definition) is 3. The van der Waals surface area contributed by atoms with Crippen LogP contribution in [0.5, 0.6) is 0 Å². The summed E-state index contributed by atoms with van der Waals surface area (Å²) in [6, 6.07) is 1.86. The lowest BCUT2D eigenvalue weighted by molar-refractivity contribution is 0.0696. The standard InChI is InChI=1S/C13H14BrNO4S/c1-4-10(5-2)15-20(18,19)11-7-9(13(16)17)6-8(3)12(11)14/h1,6-7,10,15H,5H2,2-3H3,(H,16,17). The van der Waals surface area contributed by atoms with Crippen LogP contribution in [-0.4, -0.2) is 25.5 Å². The van der Waals surface area contributed by atoms with Gasteiger partial charge in [-0.15, -0.1) is 6.42 Å². The molecule has 0 saturated heterocycles. The molecule has 1 rings (SSSR count). The zero-order chi connectivity index (χ0) is 15.5. The predicted molar refractivity (Wildman–Crippen MR) is 79.1 cm³/mol. The van der Waals surface area contributed by atoms with Crippen molar-refractivity contribution in [1.82, 2.24) is 4.72 Å². The molecule has 0 heterocycles. The summed E-state index contributed by atoms with van der Waals surface area (Å²) in [6.07, 6.45) is 5.67. The number of carboxylic acids is 1. The molecule has 0 amide bonds. The predicted octanol–water partition coefficient (Wildman–Crippen LogP) is 2.15. The first-order valence-electron chi connectivity index (χ1n) is 5.74. The van der Waals surface area contributed by atoms with Crippen LogP contribution in [0, 0.1) is 19.3 Å². The van der Waals surface area contributed by atoms with Gasteiger partial charge >= 0.3 is 5.97 Å². The Morgan fingerprint density at radius 2 is 2.15 bits per heavy atom. The zero-order valence-electron chi connectivity index (χ0n) is 11.0. The number of hydrogen-bond donors (Lipinski definition) is 2. The van der Waals surface area contributed by atoms with E-state index in [2.05, 4.69) is 26.6 Å². The molecule has 2 N–H and O–H groups in total. The van der Waals surface area contributed by atoms with Gasteiger partial charge in [-0.25, -0.2) is 13.2 Å². The summed E-state index contributed by atoms with van der Waals surface area (Å²) in [5.41, 5.74) is 0.416. The molecule has 0 bridgehead atoms. The molecule has 20 heavy (non-hydrogen) atoms. The lowest BCUT2D eigenvalue weighted by Crippen LogP contribution is -2.33. The SMILES string of the molecule is C#CC(CC)NS(=O)(=O)c1cc(C(=O)O)cc(C)c1Br. The monoisotopic (exact) mass is 359 g/mol. The number of rotatable bonds is 5. The van der Waals surface area contributed by atoms with Gasteiger partial charge in [0.2, 0.25) is 10.0 Å². The molecule has 0 fully saturated rings. The fourth-order valence-electron chi connectivity index (χ4n) is 1.54. The molecule has 1 atom stereocenters. The molecule has 0 aliphatic carbocycles. The summed E-state index contributed by atoms with van der Waals surface area (Å²) >= 11 is 3.17. The molecule has 0 radical (unpaired) electrons. The zero-order valence-corrected chi connectivity index (χ0v) is 13.4. The number of carboxylic acid groups (broad SMARTS) is 1. The normalized spacial score (nSPS) is 12.7. The Kier molecular flexibility index (Phi) is 5.34. The van der Waals surface area contributed by atoms with Crippen molar-refractivity contribution in [1.29, 1.82) is 0 Å². The lowest BCUT2D eigenvalue weighted by atomic mass is 10.1. The fraction of sp³-hybridized carbons (Fsp3) is 0.308. The van der Waals surface area contributed by atoms with E-state index in [-0.39, 0.29) is 10.5 Å². The first kappa shape index (κ1) is 16.7. The molecule has 0 aliphatic heterocycles. The molecule has 108 valence electrons. The highest BCUT2D eigenvalue weighted by Gasteiger charge is 2.23. The summed E-state index contributed by atoms with van der Waals surface area (Å²) in [7, 11) is -3.90. The Bertz CT molecular complexity index is 676. The molecule has 0 aliphatic rings. The van der Waals surface area contributed by atoms with Gasteiger partial charge in [0.05, 0.1) is 16.5 Å². The quantitative estimate of drug-likeness (QED) is 0.789. The van der Waals surface area contributed by atoms with Crippen molar-refractivity contribution in [3.63, 3.8) is 0 Å². The first-order chi connectivity index (χ1) is 9.22.